The summed E-state index contributed by atoms with van der Waals surface area (Å²) < 4.78 is 66.0. The van der Waals surface area contributed by atoms with Crippen molar-refractivity contribution >= 4 is 5.78 Å². The van der Waals surface area contributed by atoms with Crippen molar-refractivity contribution in [1.82, 2.24) is 4.98 Å². The fourth-order valence-electron chi connectivity index (χ4n) is 1.79. The zero-order valence-corrected chi connectivity index (χ0v) is 10.7. The Morgan fingerprint density at radius 3 is 2.05 bits per heavy atom. The Balaban J connectivity index is 2.48. The molecule has 0 unspecified atom stereocenters. The molecule has 0 amide bonds. The number of Topliss-reactive ketones (excluding diaryl/α,β-unsaturated/α-hetero) is 1. The summed E-state index contributed by atoms with van der Waals surface area (Å²) in [4.78, 5) is 15.7. The van der Waals surface area contributed by atoms with Gasteiger partial charge in [-0.2, -0.15) is 0 Å². The molecular weight excluding hydrogens is 293 g/mol. The average molecular weight is 301 g/mol. The molecule has 0 fully saturated rings. The van der Waals surface area contributed by atoms with Crippen LogP contribution in [0, 0.1) is 36.0 Å². The van der Waals surface area contributed by atoms with Crippen molar-refractivity contribution < 1.29 is 26.7 Å². The smallest absolute Gasteiger partial charge is 0.200 e. The van der Waals surface area contributed by atoms with Gasteiger partial charge in [0.25, 0.3) is 0 Å². The fourth-order valence-corrected chi connectivity index (χ4v) is 1.79. The molecule has 110 valence electrons. The molecular formula is C14H8F5NO. The van der Waals surface area contributed by atoms with Crippen LogP contribution in [0.25, 0.3) is 0 Å². The summed E-state index contributed by atoms with van der Waals surface area (Å²) >= 11 is 0. The van der Waals surface area contributed by atoms with Crippen LogP contribution in [0.2, 0.25) is 0 Å². The van der Waals surface area contributed by atoms with E-state index < -0.39 is 46.9 Å². The zero-order chi connectivity index (χ0) is 15.7. The number of nitrogens with zero attached hydrogens (tertiary/aromatic N) is 1. The lowest BCUT2D eigenvalue weighted by Gasteiger charge is -2.08. The average Bonchev–Trinajstić information content (AvgIpc) is 2.46. The second-order valence-corrected chi connectivity index (χ2v) is 4.31. The predicted molar refractivity (Wildman–Crippen MR) is 63.2 cm³/mol. The first-order chi connectivity index (χ1) is 9.84. The van der Waals surface area contributed by atoms with Crippen molar-refractivity contribution in [2.45, 2.75) is 13.3 Å². The van der Waals surface area contributed by atoms with Crippen LogP contribution in [0.3, 0.4) is 0 Å². The number of hydrogen-bond donors (Lipinski definition) is 0. The number of rotatable bonds is 3. The zero-order valence-electron chi connectivity index (χ0n) is 10.7. The number of carbonyl (C=O) groups is 1. The van der Waals surface area contributed by atoms with Crippen LogP contribution in [0.4, 0.5) is 22.0 Å². The molecule has 0 aliphatic heterocycles. The van der Waals surface area contributed by atoms with E-state index in [9.17, 15) is 26.7 Å². The third-order valence-electron chi connectivity index (χ3n) is 2.93. The monoisotopic (exact) mass is 301 g/mol. The standard InChI is InChI=1S/C14H8F5NO/c1-6-3-2-4-20-7(6)5-8(21)9-10(15)12(17)14(19)13(18)11(9)16/h2-4H,5H2,1H3. The quantitative estimate of drug-likeness (QED) is 0.376. The van der Waals surface area contributed by atoms with Gasteiger partial charge in [0.2, 0.25) is 5.82 Å². The lowest BCUT2D eigenvalue weighted by molar-refractivity contribution is 0.0980. The van der Waals surface area contributed by atoms with Gasteiger partial charge >= 0.3 is 0 Å². The van der Waals surface area contributed by atoms with Gasteiger partial charge in [-0.05, 0) is 18.6 Å². The molecule has 0 radical (unpaired) electrons. The maximum atomic E-state index is 13.5. The number of aryl methyl sites for hydroxylation is 1. The van der Waals surface area contributed by atoms with E-state index in [1.165, 1.54) is 6.20 Å². The molecule has 1 aromatic carbocycles. The van der Waals surface area contributed by atoms with Gasteiger partial charge in [-0.1, -0.05) is 6.07 Å². The molecule has 21 heavy (non-hydrogen) atoms. The molecule has 0 saturated heterocycles. The normalized spacial score (nSPS) is 10.8. The Labute approximate surface area is 116 Å². The van der Waals surface area contributed by atoms with E-state index >= 15 is 0 Å². The number of ketones is 1. The number of carbonyl (C=O) groups excluding carboxylic acids is 1. The highest BCUT2D eigenvalue weighted by Crippen LogP contribution is 2.24. The van der Waals surface area contributed by atoms with Gasteiger partial charge < -0.3 is 0 Å². The SMILES string of the molecule is Cc1cccnc1CC(=O)c1c(F)c(F)c(F)c(F)c1F. The molecule has 7 heteroatoms. The van der Waals surface area contributed by atoms with Crippen LogP contribution in [-0.2, 0) is 6.42 Å². The van der Waals surface area contributed by atoms with Crippen molar-refractivity contribution in [2.75, 3.05) is 0 Å². The molecule has 1 heterocycles. The van der Waals surface area contributed by atoms with E-state index in [0.717, 1.165) is 0 Å². The molecule has 2 nitrogen and oxygen atoms in total. The Morgan fingerprint density at radius 2 is 1.52 bits per heavy atom. The predicted octanol–water partition coefficient (Wildman–Crippen LogP) is 3.51. The van der Waals surface area contributed by atoms with Gasteiger partial charge in [0.15, 0.2) is 29.1 Å². The highest BCUT2D eigenvalue weighted by atomic mass is 19.2. The van der Waals surface area contributed by atoms with Crippen LogP contribution in [0.5, 0.6) is 0 Å². The summed E-state index contributed by atoms with van der Waals surface area (Å²) in [6, 6.07) is 3.19. The number of hydrogen-bond acceptors (Lipinski definition) is 2. The van der Waals surface area contributed by atoms with Crippen molar-refractivity contribution in [3.63, 3.8) is 0 Å². The largest absolute Gasteiger partial charge is 0.294 e. The summed E-state index contributed by atoms with van der Waals surface area (Å²) in [5.41, 5.74) is -0.683. The molecule has 0 aliphatic rings. The van der Waals surface area contributed by atoms with Crippen molar-refractivity contribution in [1.29, 1.82) is 0 Å². The molecule has 0 atom stereocenters. The minimum atomic E-state index is -2.30. The van der Waals surface area contributed by atoms with E-state index in [0.29, 0.717) is 5.56 Å². The Bertz CT molecular complexity index is 701. The highest BCUT2D eigenvalue weighted by Gasteiger charge is 2.29. The van der Waals surface area contributed by atoms with Crippen molar-refractivity contribution in [3.8, 4) is 0 Å². The van der Waals surface area contributed by atoms with Crippen LogP contribution < -0.4 is 0 Å². The lowest BCUT2D eigenvalue weighted by atomic mass is 10.0. The summed E-state index contributed by atoms with van der Waals surface area (Å²) in [5.74, 6) is -12.1. The molecule has 0 aliphatic carbocycles. The second kappa shape index (κ2) is 5.59. The molecule has 1 aromatic heterocycles. The first-order valence-electron chi connectivity index (χ1n) is 5.79. The van der Waals surface area contributed by atoms with E-state index in [1.54, 1.807) is 19.1 Å². The van der Waals surface area contributed by atoms with E-state index in [1.807, 2.05) is 0 Å². The first-order valence-corrected chi connectivity index (χ1v) is 5.79. The van der Waals surface area contributed by atoms with Crippen molar-refractivity contribution in [3.05, 3.63) is 64.2 Å². The van der Waals surface area contributed by atoms with Crippen LogP contribution in [0.15, 0.2) is 18.3 Å². The number of pyridine rings is 1. The van der Waals surface area contributed by atoms with Gasteiger partial charge in [-0.3, -0.25) is 9.78 Å². The second-order valence-electron chi connectivity index (χ2n) is 4.31. The molecule has 2 aromatic rings. The van der Waals surface area contributed by atoms with E-state index in [2.05, 4.69) is 4.98 Å². The van der Waals surface area contributed by atoms with E-state index in [-0.39, 0.29) is 5.69 Å². The summed E-state index contributed by atoms with van der Waals surface area (Å²) in [6.07, 6.45) is 0.791. The van der Waals surface area contributed by atoms with E-state index in [4.69, 9.17) is 0 Å². The lowest BCUT2D eigenvalue weighted by Crippen LogP contribution is -2.15. The Kier molecular flexibility index (Phi) is 4.02. The Morgan fingerprint density at radius 1 is 1.00 bits per heavy atom. The van der Waals surface area contributed by atoms with Gasteiger partial charge in [0, 0.05) is 6.20 Å². The third-order valence-corrected chi connectivity index (χ3v) is 2.93. The van der Waals surface area contributed by atoms with Crippen LogP contribution >= 0.6 is 0 Å². The summed E-state index contributed by atoms with van der Waals surface area (Å²) in [6.45, 7) is 1.61. The van der Waals surface area contributed by atoms with Gasteiger partial charge in [-0.15, -0.1) is 0 Å². The topological polar surface area (TPSA) is 30.0 Å². The Hall–Kier alpha value is -2.31. The minimum Gasteiger partial charge on any atom is -0.294 e. The molecule has 0 N–H and O–H groups in total. The molecule has 0 bridgehead atoms. The third kappa shape index (κ3) is 2.63. The highest BCUT2D eigenvalue weighted by molar-refractivity contribution is 5.98. The van der Waals surface area contributed by atoms with Gasteiger partial charge in [-0.25, -0.2) is 22.0 Å². The number of halogens is 5. The molecule has 2 rings (SSSR count). The fraction of sp³-hybridized carbons (Fsp3) is 0.143. The summed E-state index contributed by atoms with van der Waals surface area (Å²) in [5, 5.41) is 0. The maximum absolute atomic E-state index is 13.5. The van der Waals surface area contributed by atoms with Crippen molar-refractivity contribution in [2.24, 2.45) is 0 Å². The van der Waals surface area contributed by atoms with Crippen LogP contribution in [-0.4, -0.2) is 10.8 Å². The molecule has 0 spiro atoms. The number of aromatic nitrogens is 1. The molecule has 0 saturated carbocycles. The maximum Gasteiger partial charge on any atom is 0.200 e. The summed E-state index contributed by atoms with van der Waals surface area (Å²) in [7, 11) is 0. The number of benzene rings is 1. The first kappa shape index (κ1) is 15.1. The van der Waals surface area contributed by atoms with Gasteiger partial charge in [0.1, 0.15) is 0 Å². The minimum absolute atomic E-state index is 0.200. The van der Waals surface area contributed by atoms with Crippen LogP contribution in [0.1, 0.15) is 21.6 Å². The van der Waals surface area contributed by atoms with Gasteiger partial charge in [0.05, 0.1) is 17.7 Å².